The lowest BCUT2D eigenvalue weighted by atomic mass is 9.98. The first kappa shape index (κ1) is 25.9. The summed E-state index contributed by atoms with van der Waals surface area (Å²) in [6.45, 7) is 11.7. The normalized spacial score (nSPS) is 14.7. The molecule has 5 rings (SSSR count). The van der Waals surface area contributed by atoms with Gasteiger partial charge in [-0.1, -0.05) is 19.6 Å². The van der Waals surface area contributed by atoms with Gasteiger partial charge in [-0.15, -0.1) is 0 Å². The number of aromatic amines is 1. The summed E-state index contributed by atoms with van der Waals surface area (Å²) in [6.07, 6.45) is 8.29. The first-order chi connectivity index (χ1) is 18.4. The molecule has 198 valence electrons. The van der Waals surface area contributed by atoms with E-state index in [9.17, 15) is 0 Å². The number of rotatable bonds is 10. The zero-order valence-corrected chi connectivity index (χ0v) is 22.7. The number of hydrogen-bond donors (Lipinski definition) is 3. The van der Waals surface area contributed by atoms with E-state index in [1.807, 2.05) is 30.7 Å². The second kappa shape index (κ2) is 11.8. The number of nitrogens with zero attached hydrogens (tertiary/aromatic N) is 5. The molecule has 4 heterocycles. The van der Waals surface area contributed by atoms with E-state index in [1.54, 1.807) is 0 Å². The van der Waals surface area contributed by atoms with Crippen LogP contribution in [0.5, 0.6) is 0 Å². The molecule has 0 atom stereocenters. The van der Waals surface area contributed by atoms with E-state index in [0.29, 0.717) is 0 Å². The van der Waals surface area contributed by atoms with E-state index in [0.717, 1.165) is 83.6 Å². The molecule has 0 bridgehead atoms. The van der Waals surface area contributed by atoms with Gasteiger partial charge in [0.15, 0.2) is 0 Å². The molecule has 0 aliphatic carbocycles. The molecule has 1 fully saturated rings. The zero-order valence-electron chi connectivity index (χ0n) is 22.7. The lowest BCUT2D eigenvalue weighted by molar-refractivity contribution is 0.185. The predicted molar refractivity (Wildman–Crippen MR) is 157 cm³/mol. The van der Waals surface area contributed by atoms with Gasteiger partial charge in [-0.25, -0.2) is 4.98 Å². The minimum atomic E-state index is 0.717. The number of anilines is 2. The summed E-state index contributed by atoms with van der Waals surface area (Å²) >= 11 is 0. The maximum Gasteiger partial charge on any atom is 0.126 e. The fourth-order valence-corrected chi connectivity index (χ4v) is 4.85. The number of hydrogen-bond acceptors (Lipinski definition) is 7. The van der Waals surface area contributed by atoms with Crippen LogP contribution in [0.2, 0.25) is 0 Å². The average Bonchev–Trinajstić information content (AvgIpc) is 3.35. The Labute approximate surface area is 225 Å². The number of aromatic nitrogens is 4. The number of fused-ring (bicyclic) bond motifs is 1. The second-order valence-corrected chi connectivity index (χ2v) is 10.6. The number of H-pyrrole nitrogens is 1. The highest BCUT2D eigenvalue weighted by molar-refractivity contribution is 5.95. The Morgan fingerprint density at radius 3 is 2.68 bits per heavy atom. The number of likely N-dealkylation sites (tertiary alicyclic amines) is 1. The van der Waals surface area contributed by atoms with E-state index >= 15 is 0 Å². The maximum absolute atomic E-state index is 4.56. The van der Waals surface area contributed by atoms with E-state index in [1.165, 1.54) is 18.4 Å². The highest BCUT2D eigenvalue weighted by atomic mass is 15.1. The molecule has 3 aromatic heterocycles. The number of nitrogens with one attached hydrogen (secondary N) is 3. The van der Waals surface area contributed by atoms with E-state index in [-0.39, 0.29) is 0 Å². The fraction of sp³-hybridized carbons (Fsp3) is 0.367. The first-order valence-corrected chi connectivity index (χ1v) is 13.4. The molecule has 0 radical (unpaired) electrons. The zero-order chi connectivity index (χ0) is 26.5. The number of pyridine rings is 2. The third kappa shape index (κ3) is 6.38. The molecule has 0 saturated carbocycles. The molecule has 1 aromatic carbocycles. The van der Waals surface area contributed by atoms with Crippen molar-refractivity contribution in [1.82, 2.24) is 30.0 Å². The lowest BCUT2D eigenvalue weighted by Crippen LogP contribution is -2.32. The van der Waals surface area contributed by atoms with E-state index in [2.05, 4.69) is 92.5 Å². The highest BCUT2D eigenvalue weighted by Crippen LogP contribution is 2.29. The maximum atomic E-state index is 4.56. The van der Waals surface area contributed by atoms with Crippen LogP contribution < -0.4 is 10.6 Å². The summed E-state index contributed by atoms with van der Waals surface area (Å²) < 4.78 is 0. The van der Waals surface area contributed by atoms with Crippen molar-refractivity contribution in [3.05, 3.63) is 72.8 Å². The molecule has 4 aromatic rings. The SMILES string of the molecule is C=C(Nc1ccc(NCCN(C)C)nc1)c1n[nH]c2ccc(-c3cncc(CN4CCC(C)CC4)c3)cc12. The Morgan fingerprint density at radius 1 is 1.08 bits per heavy atom. The molecule has 3 N–H and O–H groups in total. The number of benzene rings is 1. The van der Waals surface area contributed by atoms with Crippen molar-refractivity contribution < 1.29 is 0 Å². The van der Waals surface area contributed by atoms with Crippen molar-refractivity contribution in [3.8, 4) is 11.1 Å². The molecule has 0 spiro atoms. The van der Waals surface area contributed by atoms with Gasteiger partial charge in [0.1, 0.15) is 11.5 Å². The fourth-order valence-electron chi connectivity index (χ4n) is 4.85. The third-order valence-electron chi connectivity index (χ3n) is 7.18. The minimum absolute atomic E-state index is 0.717. The Kier molecular flexibility index (Phi) is 8.00. The summed E-state index contributed by atoms with van der Waals surface area (Å²) in [6, 6.07) is 12.6. The van der Waals surface area contributed by atoms with Crippen molar-refractivity contribution >= 4 is 28.1 Å². The van der Waals surface area contributed by atoms with Crippen LogP contribution in [-0.4, -0.2) is 70.2 Å². The summed E-state index contributed by atoms with van der Waals surface area (Å²) in [5.41, 5.74) is 6.83. The highest BCUT2D eigenvalue weighted by Gasteiger charge is 2.16. The summed E-state index contributed by atoms with van der Waals surface area (Å²) in [4.78, 5) is 13.7. The van der Waals surface area contributed by atoms with Crippen LogP contribution in [0.1, 0.15) is 31.0 Å². The molecular formula is C30H38N8. The minimum Gasteiger partial charge on any atom is -0.369 e. The monoisotopic (exact) mass is 510 g/mol. The topological polar surface area (TPSA) is 85.0 Å². The van der Waals surface area contributed by atoms with E-state index in [4.69, 9.17) is 0 Å². The van der Waals surface area contributed by atoms with E-state index < -0.39 is 0 Å². The molecule has 0 amide bonds. The van der Waals surface area contributed by atoms with Crippen LogP contribution in [0.15, 0.2) is 61.6 Å². The molecule has 1 aliphatic heterocycles. The molecular weight excluding hydrogens is 472 g/mol. The number of likely N-dealkylation sites (N-methyl/N-ethyl adjacent to an activating group) is 1. The second-order valence-electron chi connectivity index (χ2n) is 10.6. The van der Waals surface area contributed by atoms with Crippen LogP contribution in [-0.2, 0) is 6.54 Å². The quantitative estimate of drug-likeness (QED) is 0.267. The molecule has 1 aliphatic rings. The van der Waals surface area contributed by atoms with Crippen LogP contribution >= 0.6 is 0 Å². The van der Waals surface area contributed by atoms with Crippen LogP contribution in [0, 0.1) is 5.92 Å². The molecule has 8 heteroatoms. The molecule has 0 unspecified atom stereocenters. The van der Waals surface area contributed by atoms with Crippen LogP contribution in [0.3, 0.4) is 0 Å². The van der Waals surface area contributed by atoms with Crippen LogP contribution in [0.25, 0.3) is 27.7 Å². The standard InChI is InChI=1S/C30H38N8/c1-21-9-12-38(13-10-21)20-23-15-25(18-31-17-23)24-5-7-28-27(16-24)30(36-35-28)22(2)34-26-6-8-29(33-19-26)32-11-14-37(3)4/h5-8,15-19,21,34H,2,9-14,20H2,1,3-4H3,(H,32,33)(H,35,36). The van der Waals surface area contributed by atoms with Gasteiger partial charge >= 0.3 is 0 Å². The molecule has 38 heavy (non-hydrogen) atoms. The van der Waals surface area contributed by atoms with Crippen molar-refractivity contribution in [2.24, 2.45) is 5.92 Å². The Hall–Kier alpha value is -3.75. The van der Waals surface area contributed by atoms with Gasteiger partial charge in [-0.2, -0.15) is 5.10 Å². The number of piperidine rings is 1. The largest absolute Gasteiger partial charge is 0.369 e. The Bertz CT molecular complexity index is 1370. The van der Waals surface area contributed by atoms with Gasteiger partial charge in [0, 0.05) is 43.0 Å². The van der Waals surface area contributed by atoms with Gasteiger partial charge < -0.3 is 15.5 Å². The summed E-state index contributed by atoms with van der Waals surface area (Å²) in [7, 11) is 4.11. The van der Waals surface area contributed by atoms with Gasteiger partial charge in [0.25, 0.3) is 0 Å². The van der Waals surface area contributed by atoms with Crippen LogP contribution in [0.4, 0.5) is 11.5 Å². The van der Waals surface area contributed by atoms with Crippen molar-refractivity contribution in [2.45, 2.75) is 26.3 Å². The van der Waals surface area contributed by atoms with Crippen molar-refractivity contribution in [1.29, 1.82) is 0 Å². The summed E-state index contributed by atoms with van der Waals surface area (Å²) in [5.74, 6) is 1.69. The molecule has 8 nitrogen and oxygen atoms in total. The van der Waals surface area contributed by atoms with Gasteiger partial charge in [-0.05, 0) is 87.4 Å². The van der Waals surface area contributed by atoms with Gasteiger partial charge in [0.2, 0.25) is 0 Å². The smallest absolute Gasteiger partial charge is 0.126 e. The van der Waals surface area contributed by atoms with Crippen molar-refractivity contribution in [3.63, 3.8) is 0 Å². The molecule has 1 saturated heterocycles. The Balaban J connectivity index is 1.28. The third-order valence-corrected chi connectivity index (χ3v) is 7.18. The average molecular weight is 511 g/mol. The van der Waals surface area contributed by atoms with Crippen molar-refractivity contribution in [2.75, 3.05) is 50.9 Å². The summed E-state index contributed by atoms with van der Waals surface area (Å²) in [5, 5.41) is 15.4. The lowest BCUT2D eigenvalue weighted by Gasteiger charge is -2.30. The first-order valence-electron chi connectivity index (χ1n) is 13.4. The van der Waals surface area contributed by atoms with Gasteiger partial charge in [-0.3, -0.25) is 15.0 Å². The van der Waals surface area contributed by atoms with Gasteiger partial charge in [0.05, 0.1) is 23.1 Å². The Morgan fingerprint density at radius 2 is 1.92 bits per heavy atom. The predicted octanol–water partition coefficient (Wildman–Crippen LogP) is 5.31.